The van der Waals surface area contributed by atoms with Gasteiger partial charge in [0.1, 0.15) is 5.15 Å². The number of rotatable bonds is 4. The lowest BCUT2D eigenvalue weighted by Gasteiger charge is -2.22. The van der Waals surface area contributed by atoms with Gasteiger partial charge in [-0.15, -0.1) is 0 Å². The van der Waals surface area contributed by atoms with Crippen molar-refractivity contribution in [3.63, 3.8) is 0 Å². The van der Waals surface area contributed by atoms with Crippen LogP contribution >= 0.6 is 27.5 Å². The molecule has 1 saturated heterocycles. The molecule has 1 unspecified atom stereocenters. The number of ether oxygens (including phenoxy) is 1. The Labute approximate surface area is 126 Å². The number of halogens is 2. The van der Waals surface area contributed by atoms with Crippen LogP contribution in [0.1, 0.15) is 36.0 Å². The lowest BCUT2D eigenvalue weighted by Crippen LogP contribution is -2.29. The summed E-state index contributed by atoms with van der Waals surface area (Å²) in [5.41, 5.74) is 0.389. The van der Waals surface area contributed by atoms with Gasteiger partial charge in [0.2, 0.25) is 0 Å². The van der Waals surface area contributed by atoms with Gasteiger partial charge in [0, 0.05) is 23.8 Å². The number of amides is 1. The molecule has 1 aromatic heterocycles. The molecule has 0 bridgehead atoms. The van der Waals surface area contributed by atoms with Crippen LogP contribution in [-0.4, -0.2) is 30.1 Å². The Morgan fingerprint density at radius 2 is 2.42 bits per heavy atom. The molecule has 1 fully saturated rings. The number of carbonyl (C=O) groups excluding carboxylic acids is 1. The first kappa shape index (κ1) is 14.8. The summed E-state index contributed by atoms with van der Waals surface area (Å²) in [6, 6.07) is 1.67. The number of pyridine rings is 1. The first-order valence-corrected chi connectivity index (χ1v) is 7.55. The molecule has 4 nitrogen and oxygen atoms in total. The van der Waals surface area contributed by atoms with Crippen LogP contribution in [0.5, 0.6) is 0 Å². The zero-order valence-electron chi connectivity index (χ0n) is 10.5. The predicted molar refractivity (Wildman–Crippen MR) is 77.5 cm³/mol. The molecule has 0 radical (unpaired) electrons. The van der Waals surface area contributed by atoms with Gasteiger partial charge in [-0.1, -0.05) is 11.6 Å². The van der Waals surface area contributed by atoms with Crippen molar-refractivity contribution < 1.29 is 9.53 Å². The summed E-state index contributed by atoms with van der Waals surface area (Å²) < 4.78 is 6.35. The summed E-state index contributed by atoms with van der Waals surface area (Å²) in [4.78, 5) is 15.9. The highest BCUT2D eigenvalue weighted by Gasteiger charge is 2.15. The van der Waals surface area contributed by atoms with Crippen molar-refractivity contribution in [3.05, 3.63) is 27.5 Å². The summed E-state index contributed by atoms with van der Waals surface area (Å²) in [6.45, 7) is 1.42. The van der Waals surface area contributed by atoms with Gasteiger partial charge in [-0.25, -0.2) is 4.98 Å². The third-order valence-corrected chi connectivity index (χ3v) is 3.81. The van der Waals surface area contributed by atoms with E-state index in [1.54, 1.807) is 12.3 Å². The molecular weight excluding hydrogens is 332 g/mol. The molecule has 2 rings (SSSR count). The molecule has 1 atom stereocenters. The van der Waals surface area contributed by atoms with E-state index in [4.69, 9.17) is 16.3 Å². The minimum atomic E-state index is -0.199. The van der Waals surface area contributed by atoms with E-state index in [0.717, 1.165) is 30.3 Å². The van der Waals surface area contributed by atoms with Crippen LogP contribution in [0.2, 0.25) is 5.15 Å². The molecule has 1 amide bonds. The molecule has 104 valence electrons. The summed E-state index contributed by atoms with van der Waals surface area (Å²) in [6.07, 6.45) is 6.10. The van der Waals surface area contributed by atoms with Crippen molar-refractivity contribution in [1.82, 2.24) is 10.3 Å². The maximum Gasteiger partial charge on any atom is 0.254 e. The van der Waals surface area contributed by atoms with Gasteiger partial charge in [-0.2, -0.15) is 0 Å². The summed E-state index contributed by atoms with van der Waals surface area (Å²) in [5, 5.41) is 3.07. The second-order valence-electron chi connectivity index (χ2n) is 4.53. The van der Waals surface area contributed by atoms with E-state index in [1.807, 2.05) is 0 Å². The van der Waals surface area contributed by atoms with Gasteiger partial charge in [0.25, 0.3) is 5.91 Å². The fourth-order valence-corrected chi connectivity index (χ4v) is 2.58. The molecule has 0 saturated carbocycles. The minimum absolute atomic E-state index is 0.199. The first-order chi connectivity index (χ1) is 9.16. The second kappa shape index (κ2) is 7.22. The smallest absolute Gasteiger partial charge is 0.254 e. The fourth-order valence-electron chi connectivity index (χ4n) is 2.06. The molecule has 0 spiro atoms. The molecule has 0 aliphatic carbocycles. The SMILES string of the molecule is O=C(NCCC1CCCCO1)c1cc(Br)cnc1Cl. The predicted octanol–water partition coefficient (Wildman–Crippen LogP) is 3.19. The highest BCUT2D eigenvalue weighted by Crippen LogP contribution is 2.18. The Morgan fingerprint density at radius 1 is 1.58 bits per heavy atom. The van der Waals surface area contributed by atoms with Crippen LogP contribution in [0.25, 0.3) is 0 Å². The van der Waals surface area contributed by atoms with Crippen molar-refractivity contribution in [2.24, 2.45) is 0 Å². The van der Waals surface area contributed by atoms with Gasteiger partial charge in [0.05, 0.1) is 11.7 Å². The molecule has 6 heteroatoms. The van der Waals surface area contributed by atoms with Crippen molar-refractivity contribution in [3.8, 4) is 0 Å². The summed E-state index contributed by atoms with van der Waals surface area (Å²) in [7, 11) is 0. The molecule has 1 N–H and O–H groups in total. The summed E-state index contributed by atoms with van der Waals surface area (Å²) in [5.74, 6) is -0.199. The van der Waals surface area contributed by atoms with E-state index in [2.05, 4.69) is 26.2 Å². The van der Waals surface area contributed by atoms with Crippen molar-refractivity contribution in [2.45, 2.75) is 31.8 Å². The molecule has 0 aromatic carbocycles. The lowest BCUT2D eigenvalue weighted by molar-refractivity contribution is 0.0117. The van der Waals surface area contributed by atoms with E-state index >= 15 is 0 Å². The zero-order chi connectivity index (χ0) is 13.7. The maximum absolute atomic E-state index is 12.0. The molecule has 1 aliphatic rings. The van der Waals surface area contributed by atoms with Gasteiger partial charge in [-0.05, 0) is 47.7 Å². The Balaban J connectivity index is 1.82. The van der Waals surface area contributed by atoms with Gasteiger partial charge >= 0.3 is 0 Å². The molecule has 1 aliphatic heterocycles. The number of nitrogens with zero attached hydrogens (tertiary/aromatic N) is 1. The molecule has 2 heterocycles. The van der Waals surface area contributed by atoms with Crippen LogP contribution < -0.4 is 5.32 Å². The highest BCUT2D eigenvalue weighted by atomic mass is 79.9. The topological polar surface area (TPSA) is 51.2 Å². The van der Waals surface area contributed by atoms with E-state index in [9.17, 15) is 4.79 Å². The number of hydrogen-bond acceptors (Lipinski definition) is 3. The summed E-state index contributed by atoms with van der Waals surface area (Å²) >= 11 is 9.18. The van der Waals surface area contributed by atoms with E-state index < -0.39 is 0 Å². The third kappa shape index (κ3) is 4.44. The molecular formula is C13H16BrClN2O2. The van der Waals surface area contributed by atoms with Crippen molar-refractivity contribution in [1.29, 1.82) is 0 Å². The lowest BCUT2D eigenvalue weighted by atomic mass is 10.1. The molecule has 1 aromatic rings. The second-order valence-corrected chi connectivity index (χ2v) is 5.80. The van der Waals surface area contributed by atoms with Crippen LogP contribution in [0.4, 0.5) is 0 Å². The monoisotopic (exact) mass is 346 g/mol. The van der Waals surface area contributed by atoms with E-state index in [-0.39, 0.29) is 17.2 Å². The van der Waals surface area contributed by atoms with Crippen molar-refractivity contribution >= 4 is 33.4 Å². The first-order valence-electron chi connectivity index (χ1n) is 6.37. The minimum Gasteiger partial charge on any atom is -0.378 e. The average Bonchev–Trinajstić information content (AvgIpc) is 2.42. The van der Waals surface area contributed by atoms with E-state index in [1.165, 1.54) is 6.42 Å². The van der Waals surface area contributed by atoms with Crippen molar-refractivity contribution in [2.75, 3.05) is 13.2 Å². The van der Waals surface area contributed by atoms with Crippen LogP contribution in [0.15, 0.2) is 16.7 Å². The third-order valence-electron chi connectivity index (χ3n) is 3.08. The quantitative estimate of drug-likeness (QED) is 0.851. The number of hydrogen-bond donors (Lipinski definition) is 1. The van der Waals surface area contributed by atoms with Crippen LogP contribution in [0.3, 0.4) is 0 Å². The van der Waals surface area contributed by atoms with Crippen LogP contribution in [0, 0.1) is 0 Å². The van der Waals surface area contributed by atoms with Gasteiger partial charge in [0.15, 0.2) is 0 Å². The molecule has 19 heavy (non-hydrogen) atoms. The van der Waals surface area contributed by atoms with Crippen LogP contribution in [-0.2, 0) is 4.74 Å². The fraction of sp³-hybridized carbons (Fsp3) is 0.538. The Hall–Kier alpha value is -0.650. The standard InChI is InChI=1S/C13H16BrClN2O2/c14-9-7-11(12(15)17-8-9)13(18)16-5-4-10-3-1-2-6-19-10/h7-8,10H,1-6H2,(H,16,18). The Morgan fingerprint density at radius 3 is 3.16 bits per heavy atom. The average molecular weight is 348 g/mol. The largest absolute Gasteiger partial charge is 0.378 e. The maximum atomic E-state index is 12.0. The highest BCUT2D eigenvalue weighted by molar-refractivity contribution is 9.10. The number of carbonyl (C=O) groups is 1. The van der Waals surface area contributed by atoms with E-state index in [0.29, 0.717) is 12.1 Å². The van der Waals surface area contributed by atoms with Gasteiger partial charge < -0.3 is 10.1 Å². The van der Waals surface area contributed by atoms with Gasteiger partial charge in [-0.3, -0.25) is 4.79 Å². The Kier molecular flexibility index (Phi) is 5.60. The number of nitrogens with one attached hydrogen (secondary N) is 1. The zero-order valence-corrected chi connectivity index (χ0v) is 12.8. The number of aromatic nitrogens is 1. The Bertz CT molecular complexity index is 450. The normalized spacial score (nSPS) is 19.2.